The van der Waals surface area contributed by atoms with Gasteiger partial charge in [0.25, 0.3) is 0 Å². The molecule has 3 rings (SSSR count). The fraction of sp³-hybridized carbons (Fsp3) is 0.211. The second-order valence-corrected chi connectivity index (χ2v) is 7.08. The summed E-state index contributed by atoms with van der Waals surface area (Å²) in [6.07, 6.45) is -3.04. The van der Waals surface area contributed by atoms with Crippen LogP contribution >= 0.6 is 11.8 Å². The minimum absolute atomic E-state index is 0.000975. The number of carbonyl (C=O) groups is 2. The molecule has 29 heavy (non-hydrogen) atoms. The topological polar surface area (TPSA) is 95.1 Å². The van der Waals surface area contributed by atoms with Gasteiger partial charge in [-0.1, -0.05) is 17.8 Å². The second-order valence-electron chi connectivity index (χ2n) is 6.09. The van der Waals surface area contributed by atoms with Gasteiger partial charge in [-0.15, -0.1) is 0 Å². The van der Waals surface area contributed by atoms with Crippen molar-refractivity contribution in [1.29, 1.82) is 5.26 Å². The summed E-state index contributed by atoms with van der Waals surface area (Å²) in [5, 5.41) is 14.7. The van der Waals surface area contributed by atoms with Crippen LogP contribution < -0.4 is 10.6 Å². The Balaban J connectivity index is 1.70. The summed E-state index contributed by atoms with van der Waals surface area (Å²) >= 11 is 0.921. The van der Waals surface area contributed by atoms with E-state index in [2.05, 4.69) is 10.6 Å². The van der Waals surface area contributed by atoms with E-state index in [0.717, 1.165) is 23.9 Å². The molecule has 1 atom stereocenters. The van der Waals surface area contributed by atoms with E-state index in [-0.39, 0.29) is 34.4 Å². The second kappa shape index (κ2) is 8.45. The Labute approximate surface area is 167 Å². The van der Waals surface area contributed by atoms with E-state index in [0.29, 0.717) is 5.76 Å². The van der Waals surface area contributed by atoms with Gasteiger partial charge in [0.05, 0.1) is 40.2 Å². The maximum absolute atomic E-state index is 12.8. The largest absolute Gasteiger partial charge is 0.469 e. The number of thioether (sulfide) groups is 1. The van der Waals surface area contributed by atoms with Crippen LogP contribution in [0.15, 0.2) is 57.7 Å². The summed E-state index contributed by atoms with van der Waals surface area (Å²) in [6, 6.07) is 9.61. The minimum atomic E-state index is -4.52. The van der Waals surface area contributed by atoms with E-state index in [9.17, 15) is 28.0 Å². The highest BCUT2D eigenvalue weighted by Crippen LogP contribution is 2.36. The lowest BCUT2D eigenvalue weighted by molar-refractivity contribution is -0.137. The molecule has 0 spiro atoms. The number of nitriles is 1. The lowest BCUT2D eigenvalue weighted by Crippen LogP contribution is -2.31. The monoisotopic (exact) mass is 421 g/mol. The highest BCUT2D eigenvalue weighted by molar-refractivity contribution is 8.03. The number of furan rings is 1. The number of halogens is 3. The number of hydrogen-bond acceptors (Lipinski definition) is 5. The standard InChI is InChI=1S/C19H14F3N3O3S/c20-19(21,22)11-3-1-4-12(7-11)24-17(27)10-29-18-14(9-23)13(8-16(26)25-18)15-5-2-6-28-15/h1-7,13H,8,10H2,(H,24,27)(H,25,26)/t13-/m0/s1. The highest BCUT2D eigenvalue weighted by Gasteiger charge is 2.32. The van der Waals surface area contributed by atoms with Crippen LogP contribution in [-0.2, 0) is 15.8 Å². The predicted molar refractivity (Wildman–Crippen MR) is 99.4 cm³/mol. The van der Waals surface area contributed by atoms with E-state index in [1.54, 1.807) is 12.1 Å². The molecule has 2 aromatic rings. The van der Waals surface area contributed by atoms with Gasteiger partial charge < -0.3 is 15.1 Å². The molecule has 0 bridgehead atoms. The van der Waals surface area contributed by atoms with Crippen molar-refractivity contribution < 1.29 is 27.2 Å². The van der Waals surface area contributed by atoms with E-state index in [1.807, 2.05) is 6.07 Å². The molecule has 0 fully saturated rings. The summed E-state index contributed by atoms with van der Waals surface area (Å²) in [6.45, 7) is 0. The van der Waals surface area contributed by atoms with Gasteiger partial charge in [0.1, 0.15) is 5.76 Å². The number of benzene rings is 1. The first kappa shape index (κ1) is 20.5. The van der Waals surface area contributed by atoms with Gasteiger partial charge in [0.15, 0.2) is 0 Å². The minimum Gasteiger partial charge on any atom is -0.469 e. The first-order chi connectivity index (χ1) is 13.8. The molecule has 1 aromatic carbocycles. The number of alkyl halides is 3. The molecule has 10 heteroatoms. The van der Waals surface area contributed by atoms with Crippen molar-refractivity contribution in [3.05, 3.63) is 64.6 Å². The van der Waals surface area contributed by atoms with Crippen molar-refractivity contribution in [2.45, 2.75) is 18.5 Å². The average Bonchev–Trinajstić information content (AvgIpc) is 3.20. The maximum Gasteiger partial charge on any atom is 0.416 e. The zero-order valence-corrected chi connectivity index (χ0v) is 15.6. The van der Waals surface area contributed by atoms with Crippen molar-refractivity contribution in [2.75, 3.05) is 11.1 Å². The zero-order valence-electron chi connectivity index (χ0n) is 14.7. The van der Waals surface area contributed by atoms with Crippen LogP contribution in [-0.4, -0.2) is 17.6 Å². The molecule has 0 radical (unpaired) electrons. The molecule has 2 amide bonds. The summed E-state index contributed by atoms with van der Waals surface area (Å²) in [4.78, 5) is 24.1. The van der Waals surface area contributed by atoms with E-state index in [4.69, 9.17) is 4.42 Å². The molecule has 6 nitrogen and oxygen atoms in total. The first-order valence-electron chi connectivity index (χ1n) is 8.35. The molecule has 0 saturated carbocycles. The number of nitrogens with one attached hydrogen (secondary N) is 2. The van der Waals surface area contributed by atoms with Gasteiger partial charge in [-0.2, -0.15) is 18.4 Å². The number of amides is 2. The highest BCUT2D eigenvalue weighted by atomic mass is 32.2. The number of carbonyl (C=O) groups excluding carboxylic acids is 2. The third-order valence-electron chi connectivity index (χ3n) is 4.06. The Morgan fingerprint density at radius 3 is 2.79 bits per heavy atom. The molecule has 0 aliphatic carbocycles. The quantitative estimate of drug-likeness (QED) is 0.761. The average molecular weight is 421 g/mol. The van der Waals surface area contributed by atoms with Crippen molar-refractivity contribution in [1.82, 2.24) is 5.32 Å². The van der Waals surface area contributed by atoms with Gasteiger partial charge in [0, 0.05) is 12.1 Å². The molecule has 1 aliphatic rings. The van der Waals surface area contributed by atoms with Crippen LogP contribution in [0.3, 0.4) is 0 Å². The predicted octanol–water partition coefficient (Wildman–Crippen LogP) is 4.01. The molecule has 0 unspecified atom stereocenters. The number of rotatable bonds is 5. The van der Waals surface area contributed by atoms with Crippen LogP contribution in [0, 0.1) is 11.3 Å². The molecule has 1 aliphatic heterocycles. The van der Waals surface area contributed by atoms with Crippen molar-refractivity contribution in [2.24, 2.45) is 0 Å². The summed E-state index contributed by atoms with van der Waals surface area (Å²) in [7, 11) is 0. The summed E-state index contributed by atoms with van der Waals surface area (Å²) < 4.78 is 43.6. The van der Waals surface area contributed by atoms with Crippen LogP contribution in [0.5, 0.6) is 0 Å². The van der Waals surface area contributed by atoms with Crippen LogP contribution in [0.4, 0.5) is 18.9 Å². The van der Waals surface area contributed by atoms with E-state index < -0.39 is 23.6 Å². The molecule has 2 heterocycles. The zero-order chi connectivity index (χ0) is 21.0. The Kier molecular flexibility index (Phi) is 5.98. The number of anilines is 1. The third-order valence-corrected chi connectivity index (χ3v) is 5.08. The number of hydrogen-bond donors (Lipinski definition) is 2. The Morgan fingerprint density at radius 1 is 1.34 bits per heavy atom. The lowest BCUT2D eigenvalue weighted by Gasteiger charge is -2.23. The van der Waals surface area contributed by atoms with Gasteiger partial charge in [-0.25, -0.2) is 0 Å². The summed E-state index contributed by atoms with van der Waals surface area (Å²) in [5.74, 6) is -1.21. The van der Waals surface area contributed by atoms with Gasteiger partial charge >= 0.3 is 6.18 Å². The SMILES string of the molecule is N#CC1=C(SCC(=O)Nc2cccc(C(F)(F)F)c2)NC(=O)C[C@@H]1c1ccco1. The van der Waals surface area contributed by atoms with E-state index >= 15 is 0 Å². The number of nitrogens with zero attached hydrogens (tertiary/aromatic N) is 1. The molecule has 0 saturated heterocycles. The number of allylic oxidation sites excluding steroid dienone is 1. The molecular formula is C19H14F3N3O3S. The fourth-order valence-corrected chi connectivity index (χ4v) is 3.65. The fourth-order valence-electron chi connectivity index (χ4n) is 2.77. The Morgan fingerprint density at radius 2 is 2.14 bits per heavy atom. The first-order valence-corrected chi connectivity index (χ1v) is 9.34. The molecular weight excluding hydrogens is 407 g/mol. The van der Waals surface area contributed by atoms with Crippen LogP contribution in [0.1, 0.15) is 23.7 Å². The van der Waals surface area contributed by atoms with Crippen LogP contribution in [0.25, 0.3) is 0 Å². The van der Waals surface area contributed by atoms with Crippen molar-refractivity contribution >= 4 is 29.3 Å². The third kappa shape index (κ3) is 5.00. The van der Waals surface area contributed by atoms with Gasteiger partial charge in [-0.3, -0.25) is 9.59 Å². The summed E-state index contributed by atoms with van der Waals surface area (Å²) in [5.41, 5.74) is -0.615. The molecule has 1 aromatic heterocycles. The van der Waals surface area contributed by atoms with Gasteiger partial charge in [0.2, 0.25) is 11.8 Å². The van der Waals surface area contributed by atoms with Crippen molar-refractivity contribution in [3.63, 3.8) is 0 Å². The molecule has 2 N–H and O–H groups in total. The Hall–Kier alpha value is -3.19. The van der Waals surface area contributed by atoms with Gasteiger partial charge in [-0.05, 0) is 30.3 Å². The molecule has 150 valence electrons. The lowest BCUT2D eigenvalue weighted by atomic mass is 9.92. The normalized spacial score (nSPS) is 16.9. The van der Waals surface area contributed by atoms with Crippen molar-refractivity contribution in [3.8, 4) is 6.07 Å². The smallest absolute Gasteiger partial charge is 0.416 e. The Bertz CT molecular complexity index is 994. The van der Waals surface area contributed by atoms with E-state index in [1.165, 1.54) is 18.4 Å². The maximum atomic E-state index is 12.8. The van der Waals surface area contributed by atoms with Crippen LogP contribution in [0.2, 0.25) is 0 Å².